The molecule has 0 fully saturated rings. The van der Waals surface area contributed by atoms with E-state index in [1.165, 1.54) is 16.2 Å². The Morgan fingerprint density at radius 2 is 2.11 bits per heavy atom. The molecule has 0 aliphatic rings. The van der Waals surface area contributed by atoms with Crippen LogP contribution in [0.2, 0.25) is 0 Å². The van der Waals surface area contributed by atoms with Crippen LogP contribution in [-0.4, -0.2) is 23.2 Å². The Labute approximate surface area is 118 Å². The van der Waals surface area contributed by atoms with E-state index >= 15 is 0 Å². The number of nitrogens with one attached hydrogen (secondary N) is 1. The first kappa shape index (κ1) is 15.9. The number of aryl methyl sites for hydroxylation is 2. The highest BCUT2D eigenvalue weighted by Crippen LogP contribution is 2.24. The molecule has 0 saturated heterocycles. The summed E-state index contributed by atoms with van der Waals surface area (Å²) in [7, 11) is 0. The predicted molar refractivity (Wildman–Crippen MR) is 78.7 cm³/mol. The molecule has 0 unspecified atom stereocenters. The minimum absolute atomic E-state index is 0.463. The summed E-state index contributed by atoms with van der Waals surface area (Å²) in [6.07, 6.45) is 2.55. The predicted octanol–water partition coefficient (Wildman–Crippen LogP) is 3.08. The average Bonchev–Trinajstić information content (AvgIpc) is 2.56. The second kappa shape index (κ2) is 6.86. The number of ether oxygens (including phenoxy) is 1. The van der Waals surface area contributed by atoms with Crippen molar-refractivity contribution in [2.45, 2.75) is 52.6 Å². The average molecular weight is 285 g/mol. The molecular formula is C13H23N3O2S. The number of hydrogen-bond donors (Lipinski definition) is 2. The third kappa shape index (κ3) is 6.02. The van der Waals surface area contributed by atoms with E-state index in [0.29, 0.717) is 11.7 Å². The first-order chi connectivity index (χ1) is 8.81. The maximum Gasteiger partial charge on any atom is 0.413 e. The molecule has 0 radical (unpaired) electrons. The van der Waals surface area contributed by atoms with Crippen LogP contribution in [0.1, 0.15) is 44.2 Å². The zero-order chi connectivity index (χ0) is 14.5. The number of anilines is 1. The van der Waals surface area contributed by atoms with E-state index in [9.17, 15) is 4.79 Å². The molecule has 0 atom stereocenters. The molecule has 1 aromatic rings. The van der Waals surface area contributed by atoms with Gasteiger partial charge in [0.1, 0.15) is 5.60 Å². The number of nitrogens with two attached hydrogens (primary N) is 1. The summed E-state index contributed by atoms with van der Waals surface area (Å²) in [5.74, 6) is 0. The Morgan fingerprint density at radius 1 is 1.42 bits per heavy atom. The van der Waals surface area contributed by atoms with Crippen LogP contribution in [0.4, 0.5) is 9.93 Å². The first-order valence-electron chi connectivity index (χ1n) is 6.48. The van der Waals surface area contributed by atoms with Gasteiger partial charge in [0.2, 0.25) is 0 Å². The summed E-state index contributed by atoms with van der Waals surface area (Å²) in [5.41, 5.74) is 5.94. The molecule has 1 rings (SSSR count). The summed E-state index contributed by atoms with van der Waals surface area (Å²) in [4.78, 5) is 17.2. The number of nitrogens with zero attached hydrogens (tertiary/aromatic N) is 1. The highest BCUT2D eigenvalue weighted by Gasteiger charge is 2.17. The number of carbonyl (C=O) groups is 1. The van der Waals surface area contributed by atoms with Gasteiger partial charge in [0.25, 0.3) is 0 Å². The van der Waals surface area contributed by atoms with Gasteiger partial charge in [-0.1, -0.05) is 0 Å². The summed E-state index contributed by atoms with van der Waals surface area (Å²) in [6.45, 7) is 8.16. The maximum absolute atomic E-state index is 11.6. The lowest BCUT2D eigenvalue weighted by Crippen LogP contribution is -2.27. The van der Waals surface area contributed by atoms with E-state index in [4.69, 9.17) is 10.5 Å². The molecule has 1 amide bonds. The third-order valence-electron chi connectivity index (χ3n) is 2.36. The van der Waals surface area contributed by atoms with E-state index in [2.05, 4.69) is 10.3 Å². The minimum atomic E-state index is -0.500. The van der Waals surface area contributed by atoms with Gasteiger partial charge in [-0.05, 0) is 53.5 Å². The Morgan fingerprint density at radius 3 is 2.68 bits per heavy atom. The van der Waals surface area contributed by atoms with Crippen LogP contribution in [0.5, 0.6) is 0 Å². The largest absolute Gasteiger partial charge is 0.444 e. The number of rotatable bonds is 5. The number of aromatic nitrogens is 1. The summed E-state index contributed by atoms with van der Waals surface area (Å²) >= 11 is 1.50. The molecule has 0 spiro atoms. The van der Waals surface area contributed by atoms with Crippen molar-refractivity contribution in [2.75, 3.05) is 11.9 Å². The molecule has 3 N–H and O–H groups in total. The van der Waals surface area contributed by atoms with Crippen molar-refractivity contribution in [2.24, 2.45) is 5.73 Å². The monoisotopic (exact) mass is 285 g/mol. The number of unbranched alkanes of at least 4 members (excludes halogenated alkanes) is 1. The van der Waals surface area contributed by atoms with Gasteiger partial charge in [0.05, 0.1) is 5.69 Å². The van der Waals surface area contributed by atoms with Gasteiger partial charge in [-0.2, -0.15) is 0 Å². The lowest BCUT2D eigenvalue weighted by Gasteiger charge is -2.18. The van der Waals surface area contributed by atoms with E-state index in [1.807, 2.05) is 27.7 Å². The second-order valence-corrected chi connectivity index (χ2v) is 6.48. The second-order valence-electron chi connectivity index (χ2n) is 5.40. The van der Waals surface area contributed by atoms with E-state index in [0.717, 1.165) is 25.0 Å². The molecule has 108 valence electrons. The molecule has 19 heavy (non-hydrogen) atoms. The number of hydrogen-bond acceptors (Lipinski definition) is 5. The van der Waals surface area contributed by atoms with Gasteiger partial charge in [-0.15, -0.1) is 11.3 Å². The van der Waals surface area contributed by atoms with Crippen molar-refractivity contribution >= 4 is 22.6 Å². The molecule has 0 saturated carbocycles. The zero-order valence-electron chi connectivity index (χ0n) is 12.1. The van der Waals surface area contributed by atoms with Crippen molar-refractivity contribution in [3.05, 3.63) is 10.6 Å². The minimum Gasteiger partial charge on any atom is -0.444 e. The van der Waals surface area contributed by atoms with E-state index < -0.39 is 11.7 Å². The number of amides is 1. The fourth-order valence-corrected chi connectivity index (χ4v) is 2.52. The fourth-order valence-electron chi connectivity index (χ4n) is 1.53. The van der Waals surface area contributed by atoms with Crippen molar-refractivity contribution in [1.29, 1.82) is 0 Å². The van der Waals surface area contributed by atoms with Gasteiger partial charge < -0.3 is 10.5 Å². The summed E-state index contributed by atoms with van der Waals surface area (Å²) in [5, 5.41) is 3.26. The molecule has 0 aliphatic carbocycles. The number of thiazole rings is 1. The quantitative estimate of drug-likeness (QED) is 0.815. The van der Waals surface area contributed by atoms with Crippen LogP contribution in [0.25, 0.3) is 0 Å². The van der Waals surface area contributed by atoms with Crippen LogP contribution < -0.4 is 11.1 Å². The molecule has 1 heterocycles. The SMILES string of the molecule is Cc1nc(NC(=O)OC(C)(C)C)sc1CCCCN. The van der Waals surface area contributed by atoms with Crippen molar-refractivity contribution < 1.29 is 9.53 Å². The van der Waals surface area contributed by atoms with Crippen LogP contribution in [0.15, 0.2) is 0 Å². The Balaban J connectivity index is 2.55. The van der Waals surface area contributed by atoms with E-state index in [1.54, 1.807) is 0 Å². The standard InChI is InChI=1S/C13H23N3O2S/c1-9-10(7-5-6-8-14)19-11(15-9)16-12(17)18-13(2,3)4/h5-8,14H2,1-4H3,(H,15,16,17). The summed E-state index contributed by atoms with van der Waals surface area (Å²) < 4.78 is 5.19. The van der Waals surface area contributed by atoms with Crippen LogP contribution in [0.3, 0.4) is 0 Å². The highest BCUT2D eigenvalue weighted by atomic mass is 32.1. The van der Waals surface area contributed by atoms with Gasteiger partial charge in [0.15, 0.2) is 5.13 Å². The molecular weight excluding hydrogens is 262 g/mol. The number of carbonyl (C=O) groups excluding carboxylic acids is 1. The third-order valence-corrected chi connectivity index (χ3v) is 3.49. The van der Waals surface area contributed by atoms with Gasteiger partial charge in [-0.3, -0.25) is 5.32 Å². The Hall–Kier alpha value is -1.14. The lowest BCUT2D eigenvalue weighted by molar-refractivity contribution is 0.0636. The van der Waals surface area contributed by atoms with Gasteiger partial charge >= 0.3 is 6.09 Å². The van der Waals surface area contributed by atoms with Gasteiger partial charge in [-0.25, -0.2) is 9.78 Å². The van der Waals surface area contributed by atoms with Crippen LogP contribution in [0, 0.1) is 6.92 Å². The Kier molecular flexibility index (Phi) is 5.75. The van der Waals surface area contributed by atoms with Crippen LogP contribution >= 0.6 is 11.3 Å². The Bertz CT molecular complexity index is 424. The molecule has 0 aromatic carbocycles. The maximum atomic E-state index is 11.6. The van der Waals surface area contributed by atoms with Crippen LogP contribution in [-0.2, 0) is 11.2 Å². The lowest BCUT2D eigenvalue weighted by atomic mass is 10.2. The molecule has 1 aromatic heterocycles. The normalized spacial score (nSPS) is 11.4. The molecule has 0 aliphatic heterocycles. The van der Waals surface area contributed by atoms with Crippen molar-refractivity contribution in [3.8, 4) is 0 Å². The zero-order valence-corrected chi connectivity index (χ0v) is 12.9. The first-order valence-corrected chi connectivity index (χ1v) is 7.30. The van der Waals surface area contributed by atoms with Crippen molar-refractivity contribution in [3.63, 3.8) is 0 Å². The highest BCUT2D eigenvalue weighted by molar-refractivity contribution is 7.15. The molecule has 5 nitrogen and oxygen atoms in total. The molecule has 0 bridgehead atoms. The molecule has 6 heteroatoms. The van der Waals surface area contributed by atoms with Gasteiger partial charge in [0, 0.05) is 4.88 Å². The topological polar surface area (TPSA) is 77.2 Å². The van der Waals surface area contributed by atoms with Crippen molar-refractivity contribution in [1.82, 2.24) is 4.98 Å². The summed E-state index contributed by atoms with van der Waals surface area (Å²) in [6, 6.07) is 0. The smallest absolute Gasteiger partial charge is 0.413 e. The van der Waals surface area contributed by atoms with E-state index in [-0.39, 0.29) is 0 Å². The fraction of sp³-hybridized carbons (Fsp3) is 0.692.